The standard InChI is InChI=1S/C15H10ClF3N4OS3/c16-11-2-1-9(15(17,18)19)3-8(11)4-10-5-20-13(27-10)22-12(24)6-25-14-23-21-7-26-14/h1-3,5,7H,4,6H2,(H,20,22,24). The Morgan fingerprint density at radius 3 is 2.85 bits per heavy atom. The Labute approximate surface area is 169 Å². The monoisotopic (exact) mass is 450 g/mol. The highest BCUT2D eigenvalue weighted by molar-refractivity contribution is 8.01. The zero-order valence-electron chi connectivity index (χ0n) is 13.3. The summed E-state index contributed by atoms with van der Waals surface area (Å²) in [6.45, 7) is 0. The van der Waals surface area contributed by atoms with Gasteiger partial charge in [-0.25, -0.2) is 4.98 Å². The van der Waals surface area contributed by atoms with Crippen LogP contribution in [0.3, 0.4) is 0 Å². The lowest BCUT2D eigenvalue weighted by Gasteiger charge is -2.09. The van der Waals surface area contributed by atoms with Crippen molar-refractivity contribution >= 4 is 57.1 Å². The summed E-state index contributed by atoms with van der Waals surface area (Å²) in [5.41, 5.74) is 1.17. The maximum Gasteiger partial charge on any atom is 0.416 e. The molecule has 0 aliphatic heterocycles. The van der Waals surface area contributed by atoms with Crippen LogP contribution in [0.1, 0.15) is 16.0 Å². The molecule has 3 aromatic rings. The number of thioether (sulfide) groups is 1. The van der Waals surface area contributed by atoms with Gasteiger partial charge < -0.3 is 5.32 Å². The zero-order valence-corrected chi connectivity index (χ0v) is 16.5. The summed E-state index contributed by atoms with van der Waals surface area (Å²) < 4.78 is 39.2. The molecule has 3 rings (SSSR count). The fourth-order valence-electron chi connectivity index (χ4n) is 2.03. The number of hydrogen-bond acceptors (Lipinski definition) is 7. The molecule has 0 fully saturated rings. The number of thiazole rings is 1. The lowest BCUT2D eigenvalue weighted by Crippen LogP contribution is -2.13. The third-order valence-corrected chi connectivity index (χ3v) is 6.35. The predicted octanol–water partition coefficient (Wildman–Crippen LogP) is 4.99. The van der Waals surface area contributed by atoms with Crippen LogP contribution in [0.25, 0.3) is 0 Å². The molecule has 2 heterocycles. The van der Waals surface area contributed by atoms with E-state index in [0.29, 0.717) is 19.9 Å². The second kappa shape index (κ2) is 8.55. The highest BCUT2D eigenvalue weighted by Gasteiger charge is 2.30. The Kier molecular flexibility index (Phi) is 6.35. The van der Waals surface area contributed by atoms with Gasteiger partial charge in [-0.05, 0) is 23.8 Å². The molecule has 27 heavy (non-hydrogen) atoms. The Balaban J connectivity index is 1.62. The number of rotatable bonds is 6. The minimum absolute atomic E-state index is 0.156. The number of anilines is 1. The van der Waals surface area contributed by atoms with Crippen molar-refractivity contribution < 1.29 is 18.0 Å². The number of benzene rings is 1. The molecule has 1 N–H and O–H groups in total. The fraction of sp³-hybridized carbons (Fsp3) is 0.200. The van der Waals surface area contributed by atoms with Gasteiger partial charge >= 0.3 is 6.18 Å². The smallest absolute Gasteiger partial charge is 0.301 e. The van der Waals surface area contributed by atoms with Crippen molar-refractivity contribution in [3.05, 3.63) is 50.9 Å². The molecule has 0 radical (unpaired) electrons. The summed E-state index contributed by atoms with van der Waals surface area (Å²) in [5, 5.41) is 10.8. The number of aromatic nitrogens is 3. The van der Waals surface area contributed by atoms with Crippen molar-refractivity contribution in [2.45, 2.75) is 16.9 Å². The van der Waals surface area contributed by atoms with Crippen molar-refractivity contribution in [3.63, 3.8) is 0 Å². The minimum atomic E-state index is -4.43. The van der Waals surface area contributed by atoms with Gasteiger partial charge in [-0.15, -0.1) is 21.5 Å². The van der Waals surface area contributed by atoms with E-state index in [1.807, 2.05) is 0 Å². The third kappa shape index (κ3) is 5.64. The second-order valence-electron chi connectivity index (χ2n) is 5.15. The van der Waals surface area contributed by atoms with Crippen LogP contribution in [0.15, 0.2) is 34.2 Å². The summed E-state index contributed by atoms with van der Waals surface area (Å²) in [6.07, 6.45) is -2.73. The van der Waals surface area contributed by atoms with Gasteiger partial charge in [0.25, 0.3) is 0 Å². The number of nitrogens with zero attached hydrogens (tertiary/aromatic N) is 3. The molecule has 0 unspecified atom stereocenters. The van der Waals surface area contributed by atoms with E-state index in [2.05, 4.69) is 20.5 Å². The van der Waals surface area contributed by atoms with Gasteiger partial charge in [0.15, 0.2) is 9.47 Å². The summed E-state index contributed by atoms with van der Waals surface area (Å²) in [6, 6.07) is 3.20. The molecule has 2 aromatic heterocycles. The molecule has 0 aliphatic carbocycles. The lowest BCUT2D eigenvalue weighted by molar-refractivity contribution is -0.137. The van der Waals surface area contributed by atoms with Gasteiger partial charge in [-0.2, -0.15) is 13.2 Å². The first-order valence-electron chi connectivity index (χ1n) is 7.30. The fourth-order valence-corrected chi connectivity index (χ4v) is 4.35. The van der Waals surface area contributed by atoms with Crippen molar-refractivity contribution in [3.8, 4) is 0 Å². The normalized spacial score (nSPS) is 11.6. The molecule has 0 bridgehead atoms. The first-order chi connectivity index (χ1) is 12.8. The number of hydrogen-bond donors (Lipinski definition) is 1. The summed E-state index contributed by atoms with van der Waals surface area (Å²) in [4.78, 5) is 16.7. The average molecular weight is 451 g/mol. The maximum absolute atomic E-state index is 12.9. The first-order valence-corrected chi connectivity index (χ1v) is 10.4. The molecule has 0 saturated heterocycles. The van der Waals surface area contributed by atoms with Crippen LogP contribution in [0.2, 0.25) is 5.02 Å². The summed E-state index contributed by atoms with van der Waals surface area (Å²) in [7, 11) is 0. The Morgan fingerprint density at radius 2 is 2.15 bits per heavy atom. The molecule has 0 aliphatic rings. The molecular formula is C15H10ClF3N4OS3. The van der Waals surface area contributed by atoms with E-state index in [4.69, 9.17) is 11.6 Å². The highest BCUT2D eigenvalue weighted by atomic mass is 35.5. The molecule has 142 valence electrons. The number of nitrogens with one attached hydrogen (secondary N) is 1. The summed E-state index contributed by atoms with van der Waals surface area (Å²) in [5.74, 6) is -0.1000. The molecular weight excluding hydrogens is 441 g/mol. The van der Waals surface area contributed by atoms with Crippen molar-refractivity contribution in [1.29, 1.82) is 0 Å². The SMILES string of the molecule is O=C(CSc1nncs1)Nc1ncc(Cc2cc(C(F)(F)F)ccc2Cl)s1. The van der Waals surface area contributed by atoms with E-state index in [1.54, 1.807) is 5.51 Å². The van der Waals surface area contributed by atoms with E-state index >= 15 is 0 Å². The van der Waals surface area contributed by atoms with Crippen LogP contribution in [-0.4, -0.2) is 26.8 Å². The van der Waals surface area contributed by atoms with Gasteiger partial charge in [0.05, 0.1) is 11.3 Å². The average Bonchev–Trinajstić information content (AvgIpc) is 3.26. The van der Waals surface area contributed by atoms with Gasteiger partial charge in [0, 0.05) is 22.5 Å². The Morgan fingerprint density at radius 1 is 1.33 bits per heavy atom. The predicted molar refractivity (Wildman–Crippen MR) is 101 cm³/mol. The van der Waals surface area contributed by atoms with Gasteiger partial charge in [0.2, 0.25) is 5.91 Å². The van der Waals surface area contributed by atoms with Crippen molar-refractivity contribution in [2.24, 2.45) is 0 Å². The number of carbonyl (C=O) groups excluding carboxylic acids is 1. The van der Waals surface area contributed by atoms with Gasteiger partial charge in [-0.1, -0.05) is 34.7 Å². The van der Waals surface area contributed by atoms with Crippen molar-refractivity contribution in [2.75, 3.05) is 11.1 Å². The van der Waals surface area contributed by atoms with E-state index < -0.39 is 11.7 Å². The summed E-state index contributed by atoms with van der Waals surface area (Å²) >= 11 is 9.79. The van der Waals surface area contributed by atoms with Gasteiger partial charge in [0.1, 0.15) is 5.51 Å². The number of amides is 1. The number of carbonyl (C=O) groups is 1. The van der Waals surface area contributed by atoms with Crippen LogP contribution >= 0.6 is 46.0 Å². The molecule has 1 amide bonds. The van der Waals surface area contributed by atoms with Crippen LogP contribution in [-0.2, 0) is 17.4 Å². The highest BCUT2D eigenvalue weighted by Crippen LogP contribution is 2.33. The first kappa shape index (κ1) is 20.1. The second-order valence-corrected chi connectivity index (χ2v) is 8.73. The topological polar surface area (TPSA) is 67.8 Å². The number of alkyl halides is 3. The van der Waals surface area contributed by atoms with E-state index in [1.165, 1.54) is 46.7 Å². The lowest BCUT2D eigenvalue weighted by atomic mass is 10.1. The Bertz CT molecular complexity index is 931. The Hall–Kier alpha value is -1.69. The molecule has 5 nitrogen and oxygen atoms in total. The van der Waals surface area contributed by atoms with Crippen LogP contribution < -0.4 is 5.32 Å². The van der Waals surface area contributed by atoms with E-state index in [0.717, 1.165) is 12.1 Å². The third-order valence-electron chi connectivity index (χ3n) is 3.20. The zero-order chi connectivity index (χ0) is 19.4. The molecule has 12 heteroatoms. The minimum Gasteiger partial charge on any atom is -0.301 e. The largest absolute Gasteiger partial charge is 0.416 e. The van der Waals surface area contributed by atoms with Crippen LogP contribution in [0.4, 0.5) is 18.3 Å². The van der Waals surface area contributed by atoms with Crippen LogP contribution in [0, 0.1) is 0 Å². The van der Waals surface area contributed by atoms with Crippen molar-refractivity contribution in [1.82, 2.24) is 15.2 Å². The molecule has 0 spiro atoms. The maximum atomic E-state index is 12.9. The van der Waals surface area contributed by atoms with Crippen LogP contribution in [0.5, 0.6) is 0 Å². The van der Waals surface area contributed by atoms with E-state index in [9.17, 15) is 18.0 Å². The number of halogens is 4. The van der Waals surface area contributed by atoms with Gasteiger partial charge in [-0.3, -0.25) is 4.79 Å². The van der Waals surface area contributed by atoms with E-state index in [-0.39, 0.29) is 23.1 Å². The quantitative estimate of drug-likeness (QED) is 0.536. The molecule has 0 atom stereocenters. The molecule has 1 aromatic carbocycles. The molecule has 0 saturated carbocycles.